The van der Waals surface area contributed by atoms with Gasteiger partial charge in [0.05, 0.1) is 13.3 Å². The van der Waals surface area contributed by atoms with Crippen molar-refractivity contribution < 1.29 is 9.53 Å². The van der Waals surface area contributed by atoms with Gasteiger partial charge in [0.25, 0.3) is 5.91 Å². The molecule has 0 bridgehead atoms. The normalized spacial score (nSPS) is 9.38. The summed E-state index contributed by atoms with van der Waals surface area (Å²) in [5, 5.41) is 16.2. The largest absolute Gasteiger partial charge is 0.496 e. The molecule has 0 aliphatic carbocycles. The number of methoxy groups -OCH3 is 1. The van der Waals surface area contributed by atoms with Crippen LogP contribution in [-0.2, 0) is 0 Å². The van der Waals surface area contributed by atoms with Gasteiger partial charge in [-0.3, -0.25) is 10.2 Å². The summed E-state index contributed by atoms with van der Waals surface area (Å²) in [6.07, 6.45) is 0.772. The van der Waals surface area contributed by atoms with E-state index in [0.717, 1.165) is 11.8 Å². The van der Waals surface area contributed by atoms with Gasteiger partial charge in [0, 0.05) is 5.56 Å². The molecular weight excluding hydrogens is 206 g/mol. The van der Waals surface area contributed by atoms with Crippen LogP contribution in [0.2, 0.25) is 0 Å². The molecule has 1 aromatic rings. The number of hydrogen-bond donors (Lipinski definition) is 3. The molecular formula is C11H13N3O2. The Morgan fingerprint density at radius 1 is 1.50 bits per heavy atom. The van der Waals surface area contributed by atoms with Crippen LogP contribution in [0.4, 0.5) is 0 Å². The molecule has 0 radical (unpaired) electrons. The number of carbonyl (C=O) groups is 1. The summed E-state index contributed by atoms with van der Waals surface area (Å²) in [6, 6.07) is 4.97. The van der Waals surface area contributed by atoms with Crippen LogP contribution in [0.3, 0.4) is 0 Å². The lowest BCUT2D eigenvalue weighted by molar-refractivity contribution is 0.0977. The van der Waals surface area contributed by atoms with E-state index in [0.29, 0.717) is 11.3 Å². The standard InChI is InChI=1S/C11H13N3O2/c1-7-5-8(3-4-9(7)16-2)11(15)14-10(13)6-12/h3-6,12H,1-2H3,(H2,13,14,15). The van der Waals surface area contributed by atoms with E-state index in [1.54, 1.807) is 25.3 Å². The number of hydrogen-bond acceptors (Lipinski definition) is 4. The summed E-state index contributed by atoms with van der Waals surface area (Å²) >= 11 is 0. The Balaban J connectivity index is 2.89. The second kappa shape index (κ2) is 5.06. The number of nitrogens with one attached hydrogen (secondary N) is 3. The quantitative estimate of drug-likeness (QED) is 0.529. The van der Waals surface area contributed by atoms with E-state index in [2.05, 4.69) is 5.32 Å². The molecule has 1 amide bonds. The van der Waals surface area contributed by atoms with Gasteiger partial charge >= 0.3 is 0 Å². The Labute approximate surface area is 93.5 Å². The minimum absolute atomic E-state index is 0.238. The van der Waals surface area contributed by atoms with E-state index in [1.165, 1.54) is 0 Å². The lowest BCUT2D eigenvalue weighted by Crippen LogP contribution is -2.30. The number of rotatable bonds is 3. The van der Waals surface area contributed by atoms with Crippen molar-refractivity contribution in [2.45, 2.75) is 6.92 Å². The molecule has 0 unspecified atom stereocenters. The van der Waals surface area contributed by atoms with Crippen LogP contribution in [-0.4, -0.2) is 25.1 Å². The number of ether oxygens (including phenoxy) is 1. The molecule has 0 saturated heterocycles. The van der Waals surface area contributed by atoms with Gasteiger partial charge in [-0.2, -0.15) is 0 Å². The third-order valence-electron chi connectivity index (χ3n) is 2.05. The molecule has 0 spiro atoms. The second-order valence-corrected chi connectivity index (χ2v) is 3.20. The number of carbonyl (C=O) groups excluding carboxylic acids is 1. The Bertz CT molecular complexity index is 441. The molecule has 0 aliphatic heterocycles. The van der Waals surface area contributed by atoms with E-state index in [1.807, 2.05) is 6.92 Å². The van der Waals surface area contributed by atoms with Crippen molar-refractivity contribution in [2.75, 3.05) is 7.11 Å². The Kier molecular flexibility index (Phi) is 3.77. The average molecular weight is 219 g/mol. The van der Waals surface area contributed by atoms with Crippen LogP contribution >= 0.6 is 0 Å². The lowest BCUT2D eigenvalue weighted by Gasteiger charge is -2.07. The first-order valence-corrected chi connectivity index (χ1v) is 4.63. The highest BCUT2D eigenvalue weighted by molar-refractivity contribution is 6.31. The first kappa shape index (κ1) is 11.9. The summed E-state index contributed by atoms with van der Waals surface area (Å²) in [4.78, 5) is 11.6. The van der Waals surface area contributed by atoms with Crippen molar-refractivity contribution in [3.8, 4) is 5.75 Å². The molecule has 5 heteroatoms. The Hall–Kier alpha value is -2.17. The van der Waals surface area contributed by atoms with Crippen molar-refractivity contribution in [1.29, 1.82) is 10.8 Å². The molecule has 16 heavy (non-hydrogen) atoms. The molecule has 1 aromatic carbocycles. The number of benzene rings is 1. The van der Waals surface area contributed by atoms with Crippen molar-refractivity contribution in [1.82, 2.24) is 5.32 Å². The van der Waals surface area contributed by atoms with Crippen LogP contribution < -0.4 is 10.1 Å². The zero-order chi connectivity index (χ0) is 12.1. The molecule has 5 nitrogen and oxygen atoms in total. The number of amides is 1. The maximum Gasteiger partial charge on any atom is 0.256 e. The van der Waals surface area contributed by atoms with E-state index >= 15 is 0 Å². The van der Waals surface area contributed by atoms with Gasteiger partial charge in [-0.05, 0) is 30.7 Å². The molecule has 0 atom stereocenters. The molecule has 0 fully saturated rings. The van der Waals surface area contributed by atoms with Crippen molar-refractivity contribution >= 4 is 18.0 Å². The van der Waals surface area contributed by atoms with Crippen LogP contribution in [0.5, 0.6) is 5.75 Å². The minimum atomic E-state index is -0.403. The zero-order valence-electron chi connectivity index (χ0n) is 9.13. The van der Waals surface area contributed by atoms with E-state index in [9.17, 15) is 4.79 Å². The fourth-order valence-corrected chi connectivity index (χ4v) is 1.25. The van der Waals surface area contributed by atoms with Gasteiger partial charge in [-0.15, -0.1) is 0 Å². The van der Waals surface area contributed by atoms with Crippen LogP contribution in [0.15, 0.2) is 18.2 Å². The third-order valence-corrected chi connectivity index (χ3v) is 2.05. The maximum absolute atomic E-state index is 11.6. The SMILES string of the molecule is COc1ccc(C(=O)NC(=N)C=N)cc1C. The predicted octanol–water partition coefficient (Wildman–Crippen LogP) is 1.36. The molecule has 0 heterocycles. The maximum atomic E-state index is 11.6. The second-order valence-electron chi connectivity index (χ2n) is 3.20. The van der Waals surface area contributed by atoms with Crippen LogP contribution in [0, 0.1) is 17.7 Å². The minimum Gasteiger partial charge on any atom is -0.496 e. The van der Waals surface area contributed by atoms with E-state index < -0.39 is 5.91 Å². The van der Waals surface area contributed by atoms with Crippen molar-refractivity contribution in [3.63, 3.8) is 0 Å². The summed E-state index contributed by atoms with van der Waals surface area (Å²) in [6.45, 7) is 1.83. The van der Waals surface area contributed by atoms with Gasteiger partial charge in [0.15, 0.2) is 0 Å². The van der Waals surface area contributed by atoms with Crippen molar-refractivity contribution in [3.05, 3.63) is 29.3 Å². The molecule has 3 N–H and O–H groups in total. The fraction of sp³-hybridized carbons (Fsp3) is 0.182. The van der Waals surface area contributed by atoms with E-state index in [-0.39, 0.29) is 5.84 Å². The Morgan fingerprint density at radius 3 is 2.69 bits per heavy atom. The van der Waals surface area contributed by atoms with Crippen molar-refractivity contribution in [2.24, 2.45) is 0 Å². The molecule has 0 saturated carbocycles. The van der Waals surface area contributed by atoms with E-state index in [4.69, 9.17) is 15.6 Å². The lowest BCUT2D eigenvalue weighted by atomic mass is 10.1. The number of amidine groups is 1. The summed E-state index contributed by atoms with van der Waals surface area (Å²) in [5.74, 6) is 0.0661. The van der Waals surface area contributed by atoms with Gasteiger partial charge in [0.1, 0.15) is 11.6 Å². The first-order valence-electron chi connectivity index (χ1n) is 4.63. The van der Waals surface area contributed by atoms with Gasteiger partial charge in [-0.1, -0.05) is 0 Å². The fourth-order valence-electron chi connectivity index (χ4n) is 1.25. The highest BCUT2D eigenvalue weighted by Gasteiger charge is 2.08. The van der Waals surface area contributed by atoms with Gasteiger partial charge < -0.3 is 15.5 Å². The smallest absolute Gasteiger partial charge is 0.256 e. The molecule has 0 aliphatic rings. The molecule has 0 aromatic heterocycles. The molecule has 84 valence electrons. The predicted molar refractivity (Wildman–Crippen MR) is 61.7 cm³/mol. The topological polar surface area (TPSA) is 86.0 Å². The number of aryl methyl sites for hydroxylation is 1. The average Bonchev–Trinajstić information content (AvgIpc) is 2.28. The van der Waals surface area contributed by atoms with Crippen LogP contribution in [0.1, 0.15) is 15.9 Å². The summed E-state index contributed by atoms with van der Waals surface area (Å²) in [5.41, 5.74) is 1.28. The summed E-state index contributed by atoms with van der Waals surface area (Å²) in [7, 11) is 1.56. The summed E-state index contributed by atoms with van der Waals surface area (Å²) < 4.78 is 5.07. The van der Waals surface area contributed by atoms with Gasteiger partial charge in [-0.25, -0.2) is 0 Å². The monoisotopic (exact) mass is 219 g/mol. The highest BCUT2D eigenvalue weighted by atomic mass is 16.5. The van der Waals surface area contributed by atoms with Gasteiger partial charge in [0.2, 0.25) is 0 Å². The zero-order valence-corrected chi connectivity index (χ0v) is 9.13. The third kappa shape index (κ3) is 2.66. The first-order chi connectivity index (χ1) is 7.58. The molecule has 1 rings (SSSR count). The van der Waals surface area contributed by atoms with Crippen LogP contribution in [0.25, 0.3) is 0 Å². The highest BCUT2D eigenvalue weighted by Crippen LogP contribution is 2.18. The Morgan fingerprint density at radius 2 is 2.19 bits per heavy atom.